The number of ether oxygens (including phenoxy) is 2. The maximum absolute atomic E-state index is 12.0. The molecule has 0 spiro atoms. The number of unbranched alkanes of at least 4 members (excludes halogenated alkanes) is 12. The van der Waals surface area contributed by atoms with Gasteiger partial charge in [0.05, 0.1) is 6.61 Å². The minimum absolute atomic E-state index is 0.233. The lowest BCUT2D eigenvalue weighted by Crippen LogP contribution is -2.12. The van der Waals surface area contributed by atoms with Crippen molar-refractivity contribution >= 4 is 5.97 Å². The molecule has 0 atom stereocenters. The van der Waals surface area contributed by atoms with Crippen LogP contribution in [0.25, 0.3) is 0 Å². The van der Waals surface area contributed by atoms with Crippen LogP contribution in [0.3, 0.4) is 0 Å². The van der Waals surface area contributed by atoms with Gasteiger partial charge in [0.1, 0.15) is 22.8 Å². The molecule has 2 aromatic carbocycles. The van der Waals surface area contributed by atoms with Crippen molar-refractivity contribution in [3.05, 3.63) is 53.1 Å². The number of carboxylic acid groups (broad SMARTS) is 1. The first-order valence-corrected chi connectivity index (χ1v) is 13.0. The van der Waals surface area contributed by atoms with Gasteiger partial charge < -0.3 is 14.6 Å². The summed E-state index contributed by atoms with van der Waals surface area (Å²) < 4.78 is 11.8. The minimum atomic E-state index is -0.963. The van der Waals surface area contributed by atoms with E-state index in [0.29, 0.717) is 30.1 Å². The number of benzene rings is 2. The molecule has 1 heterocycles. The third-order valence-corrected chi connectivity index (χ3v) is 6.51. The average Bonchev–Trinajstić information content (AvgIpc) is 2.82. The van der Waals surface area contributed by atoms with Gasteiger partial charge in [-0.15, -0.1) is 0 Å². The van der Waals surface area contributed by atoms with E-state index in [4.69, 9.17) is 9.47 Å². The first-order valence-electron chi connectivity index (χ1n) is 13.0. The lowest BCUT2D eigenvalue weighted by molar-refractivity contribution is 0.0690. The van der Waals surface area contributed by atoms with Crippen molar-refractivity contribution < 1.29 is 19.4 Å². The molecule has 0 saturated carbocycles. The zero-order chi connectivity index (χ0) is 23.3. The molecule has 180 valence electrons. The normalized spacial score (nSPS) is 12.0. The van der Waals surface area contributed by atoms with Gasteiger partial charge in [-0.05, 0) is 30.2 Å². The van der Waals surface area contributed by atoms with Crippen molar-refractivity contribution in [1.29, 1.82) is 0 Å². The van der Waals surface area contributed by atoms with Crippen LogP contribution in [0.15, 0.2) is 36.4 Å². The SMILES string of the molecule is CCCCCCCCCCCCCCCOc1ccc2c(c1C(=O)O)Cc1ccccc1O2. The Morgan fingerprint density at radius 1 is 0.818 bits per heavy atom. The lowest BCUT2D eigenvalue weighted by atomic mass is 9.95. The van der Waals surface area contributed by atoms with E-state index in [1.54, 1.807) is 6.07 Å². The summed E-state index contributed by atoms with van der Waals surface area (Å²) in [5.41, 5.74) is 1.93. The zero-order valence-corrected chi connectivity index (χ0v) is 20.2. The Kier molecular flexibility index (Phi) is 10.6. The number of carboxylic acids is 1. The largest absolute Gasteiger partial charge is 0.493 e. The van der Waals surface area contributed by atoms with Crippen molar-refractivity contribution in [2.45, 2.75) is 96.8 Å². The van der Waals surface area contributed by atoms with Gasteiger partial charge >= 0.3 is 5.97 Å². The third-order valence-electron chi connectivity index (χ3n) is 6.51. The van der Waals surface area contributed by atoms with Gasteiger partial charge in [-0.2, -0.15) is 0 Å². The monoisotopic (exact) mass is 452 g/mol. The van der Waals surface area contributed by atoms with Crippen LogP contribution < -0.4 is 9.47 Å². The van der Waals surface area contributed by atoms with Gasteiger partial charge in [-0.3, -0.25) is 0 Å². The van der Waals surface area contributed by atoms with E-state index < -0.39 is 5.97 Å². The van der Waals surface area contributed by atoms with Crippen LogP contribution in [0.1, 0.15) is 112 Å². The third kappa shape index (κ3) is 7.80. The number of carbonyl (C=O) groups is 1. The Hall–Kier alpha value is -2.49. The topological polar surface area (TPSA) is 55.8 Å². The number of fused-ring (bicyclic) bond motifs is 2. The van der Waals surface area contributed by atoms with Crippen LogP contribution in [0.2, 0.25) is 0 Å². The molecular formula is C29H40O4. The molecule has 1 aliphatic heterocycles. The van der Waals surface area contributed by atoms with Gasteiger partial charge in [0, 0.05) is 12.0 Å². The predicted octanol–water partition coefficient (Wildman–Crippen LogP) is 8.55. The number of rotatable bonds is 16. The highest BCUT2D eigenvalue weighted by Gasteiger charge is 2.26. The minimum Gasteiger partial charge on any atom is -0.493 e. The van der Waals surface area contributed by atoms with Crippen molar-refractivity contribution in [2.24, 2.45) is 0 Å². The lowest BCUT2D eigenvalue weighted by Gasteiger charge is -2.23. The summed E-state index contributed by atoms with van der Waals surface area (Å²) >= 11 is 0. The second kappa shape index (κ2) is 13.9. The van der Waals surface area contributed by atoms with Crippen molar-refractivity contribution in [3.63, 3.8) is 0 Å². The van der Waals surface area contributed by atoms with Crippen LogP contribution in [-0.4, -0.2) is 17.7 Å². The maximum Gasteiger partial charge on any atom is 0.339 e. The quantitative estimate of drug-likeness (QED) is 0.221. The fourth-order valence-corrected chi connectivity index (χ4v) is 4.59. The average molecular weight is 453 g/mol. The molecule has 0 aromatic heterocycles. The fraction of sp³-hybridized carbons (Fsp3) is 0.552. The summed E-state index contributed by atoms with van der Waals surface area (Å²) in [4.78, 5) is 12.0. The van der Waals surface area contributed by atoms with E-state index in [0.717, 1.165) is 24.2 Å². The van der Waals surface area contributed by atoms with E-state index in [1.165, 1.54) is 70.6 Å². The van der Waals surface area contributed by atoms with Crippen LogP contribution in [-0.2, 0) is 6.42 Å². The second-order valence-electron chi connectivity index (χ2n) is 9.20. The van der Waals surface area contributed by atoms with E-state index in [2.05, 4.69) is 6.92 Å². The predicted molar refractivity (Wildman–Crippen MR) is 134 cm³/mol. The summed E-state index contributed by atoms with van der Waals surface area (Å²) in [5, 5.41) is 9.85. The first kappa shape index (κ1) is 25.1. The molecule has 0 unspecified atom stereocenters. The molecule has 0 fully saturated rings. The van der Waals surface area contributed by atoms with E-state index in [-0.39, 0.29) is 5.56 Å². The van der Waals surface area contributed by atoms with Gasteiger partial charge in [0.25, 0.3) is 0 Å². The molecule has 0 amide bonds. The Morgan fingerprint density at radius 2 is 1.42 bits per heavy atom. The van der Waals surface area contributed by atoms with Gasteiger partial charge in [0.2, 0.25) is 0 Å². The number of aromatic carboxylic acids is 1. The Labute approximate surface area is 199 Å². The highest BCUT2D eigenvalue weighted by molar-refractivity contribution is 5.94. The van der Waals surface area contributed by atoms with Crippen LogP contribution in [0.5, 0.6) is 17.2 Å². The zero-order valence-electron chi connectivity index (χ0n) is 20.2. The van der Waals surface area contributed by atoms with Gasteiger partial charge in [-0.1, -0.05) is 102 Å². The second-order valence-corrected chi connectivity index (χ2v) is 9.20. The molecule has 1 N–H and O–H groups in total. The van der Waals surface area contributed by atoms with E-state index >= 15 is 0 Å². The Balaban J connectivity index is 1.34. The Bertz CT molecular complexity index is 874. The van der Waals surface area contributed by atoms with E-state index in [9.17, 15) is 9.90 Å². The molecular weight excluding hydrogens is 412 g/mol. The van der Waals surface area contributed by atoms with Crippen molar-refractivity contribution in [3.8, 4) is 17.2 Å². The highest BCUT2D eigenvalue weighted by Crippen LogP contribution is 2.41. The summed E-state index contributed by atoms with van der Waals surface area (Å²) in [6.07, 6.45) is 17.5. The molecule has 0 saturated heterocycles. The van der Waals surface area contributed by atoms with Gasteiger partial charge in [-0.25, -0.2) is 4.79 Å². The molecule has 33 heavy (non-hydrogen) atoms. The van der Waals surface area contributed by atoms with Crippen molar-refractivity contribution in [1.82, 2.24) is 0 Å². The van der Waals surface area contributed by atoms with Crippen LogP contribution in [0.4, 0.5) is 0 Å². The summed E-state index contributed by atoms with van der Waals surface area (Å²) in [6.45, 7) is 2.82. The smallest absolute Gasteiger partial charge is 0.339 e. The highest BCUT2D eigenvalue weighted by atomic mass is 16.5. The molecule has 3 rings (SSSR count). The number of para-hydroxylation sites is 1. The molecule has 4 heteroatoms. The fourth-order valence-electron chi connectivity index (χ4n) is 4.59. The molecule has 4 nitrogen and oxygen atoms in total. The first-order chi connectivity index (χ1) is 16.2. The number of hydrogen-bond acceptors (Lipinski definition) is 3. The summed E-state index contributed by atoms with van der Waals surface area (Å²) in [6, 6.07) is 11.3. The van der Waals surface area contributed by atoms with Crippen LogP contribution in [0, 0.1) is 0 Å². The molecule has 1 aliphatic rings. The van der Waals surface area contributed by atoms with E-state index in [1.807, 2.05) is 30.3 Å². The summed E-state index contributed by atoms with van der Waals surface area (Å²) in [5.74, 6) is 0.889. The summed E-state index contributed by atoms with van der Waals surface area (Å²) in [7, 11) is 0. The molecule has 2 aromatic rings. The molecule has 0 bridgehead atoms. The Morgan fingerprint density at radius 3 is 2.06 bits per heavy atom. The molecule has 0 radical (unpaired) electrons. The van der Waals surface area contributed by atoms with Crippen molar-refractivity contribution in [2.75, 3.05) is 6.61 Å². The standard InChI is InChI=1S/C29H40O4/c1-2-3-4-5-6-7-8-9-10-11-12-13-16-21-32-27-20-19-26-24(28(27)29(30)31)22-23-17-14-15-18-25(23)33-26/h14-15,17-20H,2-13,16,21-22H2,1H3,(H,30,31). The maximum atomic E-state index is 12.0. The number of hydrogen-bond donors (Lipinski definition) is 1. The van der Waals surface area contributed by atoms with Crippen LogP contribution >= 0.6 is 0 Å². The molecule has 0 aliphatic carbocycles. The van der Waals surface area contributed by atoms with Gasteiger partial charge in [0.15, 0.2) is 0 Å².